The molecule has 3 aromatic carbocycles. The van der Waals surface area contributed by atoms with E-state index in [0.29, 0.717) is 13.1 Å². The van der Waals surface area contributed by atoms with E-state index in [0.717, 1.165) is 56.2 Å². The number of hydrogen-bond donors (Lipinski definition) is 1. The van der Waals surface area contributed by atoms with Crippen LogP contribution in [0.2, 0.25) is 0 Å². The van der Waals surface area contributed by atoms with Gasteiger partial charge in [0, 0.05) is 42.3 Å². The predicted molar refractivity (Wildman–Crippen MR) is 124 cm³/mol. The maximum atomic E-state index is 13.3. The van der Waals surface area contributed by atoms with E-state index in [1.807, 2.05) is 29.3 Å². The van der Waals surface area contributed by atoms with Crippen molar-refractivity contribution in [1.82, 2.24) is 14.9 Å². The largest absolute Gasteiger partial charge is 0.361 e. The van der Waals surface area contributed by atoms with Crippen LogP contribution in [0.5, 0.6) is 0 Å². The summed E-state index contributed by atoms with van der Waals surface area (Å²) in [5, 5.41) is 2.29. The summed E-state index contributed by atoms with van der Waals surface area (Å²) in [6.45, 7) is 1.32. The number of nitrogens with one attached hydrogen (secondary N) is 1. The van der Waals surface area contributed by atoms with Crippen molar-refractivity contribution in [1.29, 1.82) is 0 Å². The predicted octanol–water partition coefficient (Wildman–Crippen LogP) is 5.58. The second-order valence-corrected chi connectivity index (χ2v) is 8.09. The summed E-state index contributed by atoms with van der Waals surface area (Å²) < 4.78 is 0. The molecule has 0 aliphatic carbocycles. The van der Waals surface area contributed by atoms with Gasteiger partial charge in [0.1, 0.15) is 0 Å². The van der Waals surface area contributed by atoms with Crippen LogP contribution in [0.4, 0.5) is 0 Å². The van der Waals surface area contributed by atoms with Crippen molar-refractivity contribution in [2.45, 2.75) is 13.0 Å². The van der Waals surface area contributed by atoms with E-state index >= 15 is 0 Å². The number of benzene rings is 3. The van der Waals surface area contributed by atoms with Gasteiger partial charge in [0.2, 0.25) is 0 Å². The fourth-order valence-corrected chi connectivity index (χ4v) is 4.56. The van der Waals surface area contributed by atoms with E-state index in [-0.39, 0.29) is 5.91 Å². The van der Waals surface area contributed by atoms with E-state index in [1.54, 1.807) is 0 Å². The molecule has 1 aliphatic rings. The summed E-state index contributed by atoms with van der Waals surface area (Å²) in [6.07, 6.45) is 2.69. The first kappa shape index (κ1) is 17.9. The van der Waals surface area contributed by atoms with Crippen LogP contribution in [0.25, 0.3) is 32.9 Å². The van der Waals surface area contributed by atoms with Gasteiger partial charge in [-0.15, -0.1) is 0 Å². The van der Waals surface area contributed by atoms with Gasteiger partial charge in [-0.1, -0.05) is 48.5 Å². The zero-order valence-corrected chi connectivity index (χ0v) is 17.0. The van der Waals surface area contributed by atoms with E-state index in [4.69, 9.17) is 4.98 Å². The number of rotatable bonds is 4. The first-order chi connectivity index (χ1) is 15.3. The number of amides is 1. The molecular weight excluding hydrogens is 382 g/mol. The summed E-state index contributed by atoms with van der Waals surface area (Å²) in [5.41, 5.74) is 7.14. The van der Waals surface area contributed by atoms with Gasteiger partial charge < -0.3 is 9.88 Å². The Morgan fingerprint density at radius 3 is 2.81 bits per heavy atom. The second-order valence-electron chi connectivity index (χ2n) is 8.09. The number of aromatic amines is 1. The molecule has 0 fully saturated rings. The lowest BCUT2D eigenvalue weighted by atomic mass is 9.96. The number of hydrogen-bond acceptors (Lipinski definition) is 2. The Morgan fingerprint density at radius 1 is 0.903 bits per heavy atom. The van der Waals surface area contributed by atoms with Crippen molar-refractivity contribution >= 4 is 27.7 Å². The number of carbonyl (C=O) groups is 1. The summed E-state index contributed by atoms with van der Waals surface area (Å²) in [5.74, 6) is 0.112. The van der Waals surface area contributed by atoms with Gasteiger partial charge in [-0.2, -0.15) is 0 Å². The molecule has 2 aromatic heterocycles. The number of fused-ring (bicyclic) bond motifs is 3. The highest BCUT2D eigenvalue weighted by Crippen LogP contribution is 2.34. The summed E-state index contributed by atoms with van der Waals surface area (Å²) in [4.78, 5) is 23.3. The molecule has 1 amide bonds. The summed E-state index contributed by atoms with van der Waals surface area (Å²) >= 11 is 0. The molecule has 0 unspecified atom stereocenters. The molecule has 0 radical (unpaired) electrons. The molecule has 150 valence electrons. The van der Waals surface area contributed by atoms with Crippen LogP contribution < -0.4 is 0 Å². The van der Waals surface area contributed by atoms with Gasteiger partial charge in [0.15, 0.2) is 0 Å². The van der Waals surface area contributed by atoms with Gasteiger partial charge in [0.25, 0.3) is 5.91 Å². The fourth-order valence-electron chi connectivity index (χ4n) is 4.56. The average molecular weight is 403 g/mol. The van der Waals surface area contributed by atoms with Crippen molar-refractivity contribution in [2.24, 2.45) is 0 Å². The SMILES string of the molecule is O=C1c2c(cccc2-c2ccc3[nH]ccc3c2)CN1CCc1ccc2ccccc2n1. The van der Waals surface area contributed by atoms with Crippen molar-refractivity contribution in [3.8, 4) is 11.1 Å². The molecule has 1 N–H and O–H groups in total. The standard InChI is InChI=1S/C27H21N3O/c31-27-26-21(5-3-6-23(26)19-9-11-24-20(16-19)12-14-28-24)17-30(27)15-13-22-10-8-18-4-1-2-7-25(18)29-22/h1-12,14,16,28H,13,15,17H2. The number of H-pyrrole nitrogens is 1. The normalized spacial score (nSPS) is 13.3. The minimum absolute atomic E-state index is 0.112. The van der Waals surface area contributed by atoms with E-state index in [9.17, 15) is 4.79 Å². The molecule has 4 nitrogen and oxygen atoms in total. The minimum atomic E-state index is 0.112. The number of pyridine rings is 1. The molecule has 3 heterocycles. The zero-order chi connectivity index (χ0) is 20.8. The van der Waals surface area contributed by atoms with Crippen LogP contribution in [-0.2, 0) is 13.0 Å². The number of nitrogens with zero attached hydrogens (tertiary/aromatic N) is 2. The third-order valence-electron chi connectivity index (χ3n) is 6.17. The molecule has 0 saturated heterocycles. The Balaban J connectivity index is 1.27. The second kappa shape index (κ2) is 7.10. The first-order valence-corrected chi connectivity index (χ1v) is 10.6. The van der Waals surface area contributed by atoms with E-state index in [2.05, 4.69) is 65.6 Å². The van der Waals surface area contributed by atoms with Gasteiger partial charge in [-0.3, -0.25) is 9.78 Å². The van der Waals surface area contributed by atoms with Gasteiger partial charge in [-0.05, 0) is 52.4 Å². The maximum absolute atomic E-state index is 13.3. The lowest BCUT2D eigenvalue weighted by Crippen LogP contribution is -2.26. The molecule has 4 heteroatoms. The van der Waals surface area contributed by atoms with Crippen molar-refractivity contribution in [3.63, 3.8) is 0 Å². The van der Waals surface area contributed by atoms with Crippen LogP contribution in [0.15, 0.2) is 85.1 Å². The average Bonchev–Trinajstić information content (AvgIpc) is 3.41. The van der Waals surface area contributed by atoms with Crippen molar-refractivity contribution in [3.05, 3.63) is 102 Å². The lowest BCUT2D eigenvalue weighted by molar-refractivity contribution is 0.0780. The number of aromatic nitrogens is 2. The molecule has 31 heavy (non-hydrogen) atoms. The molecule has 6 rings (SSSR count). The summed E-state index contributed by atoms with van der Waals surface area (Å²) in [6, 6.07) is 26.8. The monoisotopic (exact) mass is 403 g/mol. The Bertz CT molecular complexity index is 1450. The van der Waals surface area contributed by atoms with Gasteiger partial charge in [-0.25, -0.2) is 0 Å². The maximum Gasteiger partial charge on any atom is 0.255 e. The van der Waals surface area contributed by atoms with Gasteiger partial charge >= 0.3 is 0 Å². The third kappa shape index (κ3) is 3.08. The fraction of sp³-hybridized carbons (Fsp3) is 0.111. The Labute approximate surface area is 180 Å². The van der Waals surface area contributed by atoms with Crippen LogP contribution in [0.1, 0.15) is 21.6 Å². The highest BCUT2D eigenvalue weighted by Gasteiger charge is 2.29. The molecular formula is C27H21N3O. The van der Waals surface area contributed by atoms with E-state index in [1.165, 1.54) is 0 Å². The van der Waals surface area contributed by atoms with E-state index < -0.39 is 0 Å². The number of para-hydroxylation sites is 1. The number of carbonyl (C=O) groups excluding carboxylic acids is 1. The van der Waals surface area contributed by atoms with Crippen LogP contribution in [-0.4, -0.2) is 27.3 Å². The third-order valence-corrected chi connectivity index (χ3v) is 6.17. The highest BCUT2D eigenvalue weighted by atomic mass is 16.2. The summed E-state index contributed by atoms with van der Waals surface area (Å²) in [7, 11) is 0. The molecule has 0 saturated carbocycles. The van der Waals surface area contributed by atoms with Crippen molar-refractivity contribution in [2.75, 3.05) is 6.54 Å². The van der Waals surface area contributed by atoms with Crippen molar-refractivity contribution < 1.29 is 4.79 Å². The molecule has 1 aliphatic heterocycles. The van der Waals surface area contributed by atoms with Gasteiger partial charge in [0.05, 0.1) is 11.1 Å². The zero-order valence-electron chi connectivity index (χ0n) is 17.0. The molecule has 0 atom stereocenters. The Hall–Kier alpha value is -3.92. The highest BCUT2D eigenvalue weighted by molar-refractivity contribution is 6.05. The smallest absolute Gasteiger partial charge is 0.255 e. The quantitative estimate of drug-likeness (QED) is 0.426. The first-order valence-electron chi connectivity index (χ1n) is 10.6. The Morgan fingerprint density at radius 2 is 1.84 bits per heavy atom. The van der Waals surface area contributed by atoms with Crippen LogP contribution in [0.3, 0.4) is 0 Å². The molecule has 5 aromatic rings. The minimum Gasteiger partial charge on any atom is -0.361 e. The Kier molecular flexibility index (Phi) is 4.10. The molecule has 0 bridgehead atoms. The lowest BCUT2D eigenvalue weighted by Gasteiger charge is -2.15. The topological polar surface area (TPSA) is 49.0 Å². The van der Waals surface area contributed by atoms with Crippen LogP contribution in [0, 0.1) is 0 Å². The van der Waals surface area contributed by atoms with Crippen LogP contribution >= 0.6 is 0 Å². The molecule has 0 spiro atoms.